The van der Waals surface area contributed by atoms with Gasteiger partial charge in [-0.1, -0.05) is 18.2 Å². The highest BCUT2D eigenvalue weighted by molar-refractivity contribution is 6.04. The van der Waals surface area contributed by atoms with Crippen LogP contribution in [0.25, 0.3) is 5.70 Å². The van der Waals surface area contributed by atoms with Crippen molar-refractivity contribution in [3.05, 3.63) is 70.3 Å². The van der Waals surface area contributed by atoms with Crippen LogP contribution < -0.4 is 10.1 Å². The van der Waals surface area contributed by atoms with Crippen molar-refractivity contribution in [3.8, 4) is 11.8 Å². The van der Waals surface area contributed by atoms with E-state index >= 15 is 0 Å². The minimum absolute atomic E-state index is 0.202. The number of carbonyl (C=O) groups is 2. The van der Waals surface area contributed by atoms with Crippen molar-refractivity contribution in [1.82, 2.24) is 10.2 Å². The van der Waals surface area contributed by atoms with E-state index in [-0.39, 0.29) is 12.5 Å². The van der Waals surface area contributed by atoms with E-state index in [2.05, 4.69) is 0 Å². The highest BCUT2D eigenvalue weighted by Gasteiger charge is 2.43. The van der Waals surface area contributed by atoms with E-state index in [1.807, 2.05) is 11.4 Å². The Morgan fingerprint density at radius 2 is 1.94 bits per heavy atom. The molecule has 0 spiro atoms. The first kappa shape index (κ1) is 21.4. The van der Waals surface area contributed by atoms with Crippen molar-refractivity contribution >= 4 is 17.5 Å². The zero-order chi connectivity index (χ0) is 23.3. The Hall–Kier alpha value is -3.80. The van der Waals surface area contributed by atoms with E-state index in [1.165, 1.54) is 11.0 Å². The fourth-order valence-corrected chi connectivity index (χ4v) is 3.97. The molecule has 9 heteroatoms. The Morgan fingerprint density at radius 3 is 2.59 bits per heavy atom. The van der Waals surface area contributed by atoms with E-state index in [0.29, 0.717) is 33.7 Å². The number of alkyl halides is 3. The molecule has 0 saturated heterocycles. The first-order valence-electron chi connectivity index (χ1n) is 9.75. The zero-order valence-electron chi connectivity index (χ0n) is 17.2. The quantitative estimate of drug-likeness (QED) is 0.786. The molecule has 0 bridgehead atoms. The summed E-state index contributed by atoms with van der Waals surface area (Å²) in [5, 5.41) is 11.2. The number of halogens is 3. The first-order chi connectivity index (χ1) is 15.0. The molecule has 32 heavy (non-hydrogen) atoms. The van der Waals surface area contributed by atoms with E-state index in [0.717, 1.165) is 5.56 Å². The highest BCUT2D eigenvalue weighted by Crippen LogP contribution is 2.45. The maximum atomic E-state index is 13.2. The number of rotatable bonds is 3. The maximum Gasteiger partial charge on any atom is 0.471 e. The van der Waals surface area contributed by atoms with Gasteiger partial charge in [-0.25, -0.2) is 0 Å². The molecule has 0 atom stereocenters. The monoisotopic (exact) mass is 441 g/mol. The fraction of sp³-hybridized carbons (Fsp3) is 0.261. The Balaban J connectivity index is 1.88. The smallest absolute Gasteiger partial charge is 0.471 e. The Labute approximate surface area is 181 Å². The number of fused-ring (bicyclic) bond motifs is 2. The number of ether oxygens (including phenoxy) is 1. The molecule has 4 rings (SSSR count). The largest absolute Gasteiger partial charge is 0.483 e. The second-order valence-corrected chi connectivity index (χ2v) is 7.99. The lowest BCUT2D eigenvalue weighted by Gasteiger charge is -2.39. The van der Waals surface area contributed by atoms with Gasteiger partial charge in [0.2, 0.25) is 0 Å². The van der Waals surface area contributed by atoms with Gasteiger partial charge >= 0.3 is 12.1 Å². The Bertz CT molecular complexity index is 1210. The van der Waals surface area contributed by atoms with Crippen molar-refractivity contribution in [3.63, 3.8) is 0 Å². The lowest BCUT2D eigenvalue weighted by Crippen LogP contribution is -2.45. The molecule has 2 aliphatic heterocycles. The van der Waals surface area contributed by atoms with E-state index < -0.39 is 24.2 Å². The maximum absolute atomic E-state index is 13.2. The zero-order valence-corrected chi connectivity index (χ0v) is 17.2. The van der Waals surface area contributed by atoms with Crippen molar-refractivity contribution in [2.45, 2.75) is 32.2 Å². The van der Waals surface area contributed by atoms with Gasteiger partial charge in [0.05, 0.1) is 23.9 Å². The molecule has 2 aromatic rings. The van der Waals surface area contributed by atoms with Gasteiger partial charge in [0.1, 0.15) is 11.4 Å². The van der Waals surface area contributed by atoms with Crippen LogP contribution in [0.15, 0.2) is 48.0 Å². The van der Waals surface area contributed by atoms with Crippen molar-refractivity contribution in [2.24, 2.45) is 0 Å². The van der Waals surface area contributed by atoms with Crippen molar-refractivity contribution in [1.29, 1.82) is 5.26 Å². The predicted octanol–water partition coefficient (Wildman–Crippen LogP) is 3.77. The Kier molecular flexibility index (Phi) is 4.96. The van der Waals surface area contributed by atoms with E-state index in [4.69, 9.17) is 4.74 Å². The van der Waals surface area contributed by atoms with Crippen LogP contribution in [0.3, 0.4) is 0 Å². The van der Waals surface area contributed by atoms with Crippen LogP contribution in [0.4, 0.5) is 13.2 Å². The summed E-state index contributed by atoms with van der Waals surface area (Å²) >= 11 is 0. The van der Waals surface area contributed by atoms with Gasteiger partial charge in [0.15, 0.2) is 0 Å². The number of amides is 2. The molecule has 2 aliphatic rings. The molecule has 0 fully saturated rings. The molecule has 0 unspecified atom stereocenters. The molecule has 6 nitrogen and oxygen atoms in total. The van der Waals surface area contributed by atoms with Crippen LogP contribution in [0, 0.1) is 11.3 Å². The molecular weight excluding hydrogens is 423 g/mol. The summed E-state index contributed by atoms with van der Waals surface area (Å²) in [4.78, 5) is 26.2. The lowest BCUT2D eigenvalue weighted by atomic mass is 9.88. The molecule has 2 aromatic carbocycles. The summed E-state index contributed by atoms with van der Waals surface area (Å²) < 4.78 is 44.5. The standard InChI is InChI=1S/C23H18F3N3O3/c1-22(2)17(11-28-21(31)23(24,25)26)19(16-9-13(10-27)7-8-18(16)32-22)29-12-14-5-3-4-6-15(14)20(29)30/h3-9H,11-12H2,1-2H3,(H,28,31). The summed E-state index contributed by atoms with van der Waals surface area (Å²) in [6.45, 7) is 3.01. The summed E-state index contributed by atoms with van der Waals surface area (Å²) in [5.74, 6) is -2.02. The van der Waals surface area contributed by atoms with Crippen molar-refractivity contribution in [2.75, 3.05) is 6.54 Å². The molecule has 0 aromatic heterocycles. The van der Waals surface area contributed by atoms with Crippen LogP contribution in [0.5, 0.6) is 5.75 Å². The van der Waals surface area contributed by atoms with Gasteiger partial charge in [-0.05, 0) is 43.7 Å². The van der Waals surface area contributed by atoms with Crippen molar-refractivity contribution < 1.29 is 27.5 Å². The molecule has 0 radical (unpaired) electrons. The molecule has 164 valence electrons. The van der Waals surface area contributed by atoms with Gasteiger partial charge in [0.25, 0.3) is 5.91 Å². The van der Waals surface area contributed by atoms with Gasteiger partial charge < -0.3 is 15.0 Å². The molecule has 2 amide bonds. The third-order valence-electron chi connectivity index (χ3n) is 5.52. The predicted molar refractivity (Wildman–Crippen MR) is 108 cm³/mol. The first-order valence-corrected chi connectivity index (χ1v) is 9.75. The minimum Gasteiger partial charge on any atom is -0.483 e. The average Bonchev–Trinajstić information content (AvgIpc) is 3.06. The second kappa shape index (κ2) is 7.41. The molecule has 0 aliphatic carbocycles. The van der Waals surface area contributed by atoms with Crippen LogP contribution in [0.2, 0.25) is 0 Å². The molecule has 0 saturated carbocycles. The number of hydrogen-bond acceptors (Lipinski definition) is 4. The number of nitriles is 1. The summed E-state index contributed by atoms with van der Waals surface area (Å²) in [7, 11) is 0. The third kappa shape index (κ3) is 3.58. The second-order valence-electron chi connectivity index (χ2n) is 7.99. The molecular formula is C23H18F3N3O3. The third-order valence-corrected chi connectivity index (χ3v) is 5.52. The fourth-order valence-electron chi connectivity index (χ4n) is 3.97. The highest BCUT2D eigenvalue weighted by atomic mass is 19.4. The van der Waals surface area contributed by atoms with E-state index in [9.17, 15) is 28.0 Å². The number of carbonyl (C=O) groups excluding carboxylic acids is 2. The topological polar surface area (TPSA) is 82.4 Å². The minimum atomic E-state index is -5.05. The van der Waals surface area contributed by atoms with Gasteiger partial charge in [0, 0.05) is 23.2 Å². The molecule has 2 heterocycles. The number of hydrogen-bond donors (Lipinski definition) is 1. The van der Waals surface area contributed by atoms with Crippen LogP contribution in [-0.4, -0.2) is 35.0 Å². The summed E-state index contributed by atoms with van der Waals surface area (Å²) in [6.07, 6.45) is -5.05. The van der Waals surface area contributed by atoms with Crippen LogP contribution in [-0.2, 0) is 11.3 Å². The molecule has 1 N–H and O–H groups in total. The van der Waals surface area contributed by atoms with Crippen LogP contribution in [0.1, 0.15) is 40.9 Å². The van der Waals surface area contributed by atoms with Crippen LogP contribution >= 0.6 is 0 Å². The van der Waals surface area contributed by atoms with Gasteiger partial charge in [-0.2, -0.15) is 18.4 Å². The summed E-state index contributed by atoms with van der Waals surface area (Å²) in [5.41, 5.74) is 1.45. The van der Waals surface area contributed by atoms with Gasteiger partial charge in [-0.3, -0.25) is 9.59 Å². The number of nitrogens with zero attached hydrogens (tertiary/aromatic N) is 2. The van der Waals surface area contributed by atoms with E-state index in [1.54, 1.807) is 50.2 Å². The SMILES string of the molecule is CC1(C)Oc2ccc(C#N)cc2C(N2Cc3ccccc3C2=O)=C1CNC(=O)C(F)(F)F. The summed E-state index contributed by atoms with van der Waals surface area (Å²) in [6, 6.07) is 13.7. The Morgan fingerprint density at radius 1 is 1.22 bits per heavy atom. The van der Waals surface area contributed by atoms with Gasteiger partial charge in [-0.15, -0.1) is 0 Å². The normalized spacial score (nSPS) is 16.8. The average molecular weight is 441 g/mol. The lowest BCUT2D eigenvalue weighted by molar-refractivity contribution is -0.173. The number of nitrogens with one attached hydrogen (secondary N) is 1. The number of benzene rings is 2.